The second kappa shape index (κ2) is 6.00. The Kier molecular flexibility index (Phi) is 4.12. The fraction of sp³-hybridized carbons (Fsp3) is 0.286. The summed E-state index contributed by atoms with van der Waals surface area (Å²) in [6.45, 7) is 0. The number of hydrogen-bond donors (Lipinski definition) is 2. The van der Waals surface area contributed by atoms with E-state index >= 15 is 0 Å². The molecule has 2 rings (SSSR count). The third-order valence-electron chi connectivity index (χ3n) is 2.81. The lowest BCUT2D eigenvalue weighted by molar-refractivity contribution is -0.137. The summed E-state index contributed by atoms with van der Waals surface area (Å²) in [5.41, 5.74) is 2.38. The minimum atomic E-state index is -0.732. The van der Waals surface area contributed by atoms with E-state index in [0.717, 1.165) is 18.7 Å². The Balaban J connectivity index is 1.87. The van der Waals surface area contributed by atoms with Crippen LogP contribution in [0.4, 0.5) is 0 Å². The highest BCUT2D eigenvalue weighted by atomic mass is 16.4. The first kappa shape index (κ1) is 12.4. The lowest BCUT2D eigenvalue weighted by Crippen LogP contribution is -1.96. The molecule has 0 aliphatic carbocycles. The summed E-state index contributed by atoms with van der Waals surface area (Å²) in [5.74, 6) is 0.220. The van der Waals surface area contributed by atoms with Crippen molar-refractivity contribution < 1.29 is 9.90 Å². The van der Waals surface area contributed by atoms with Crippen LogP contribution in [0.2, 0.25) is 0 Å². The second-order valence-electron chi connectivity index (χ2n) is 4.28. The maximum absolute atomic E-state index is 10.4. The number of nitrogens with one attached hydrogen (secondary N) is 1. The molecule has 4 nitrogen and oxygen atoms in total. The van der Waals surface area contributed by atoms with E-state index in [9.17, 15) is 4.79 Å². The van der Waals surface area contributed by atoms with E-state index in [1.807, 2.05) is 6.20 Å². The molecular weight excluding hydrogens is 228 g/mol. The van der Waals surface area contributed by atoms with Gasteiger partial charge < -0.3 is 10.1 Å². The zero-order valence-corrected chi connectivity index (χ0v) is 10.1. The van der Waals surface area contributed by atoms with Gasteiger partial charge in [-0.1, -0.05) is 24.3 Å². The largest absolute Gasteiger partial charge is 0.481 e. The average Bonchev–Trinajstić information content (AvgIpc) is 2.84. The number of aromatic amines is 1. The van der Waals surface area contributed by atoms with E-state index in [-0.39, 0.29) is 6.42 Å². The number of aromatic nitrogens is 2. The molecule has 0 radical (unpaired) electrons. The van der Waals surface area contributed by atoms with Crippen LogP contribution in [0.5, 0.6) is 0 Å². The minimum absolute atomic E-state index is 0.230. The molecule has 0 saturated heterocycles. The van der Waals surface area contributed by atoms with Crippen LogP contribution >= 0.6 is 0 Å². The van der Waals surface area contributed by atoms with Gasteiger partial charge in [0.2, 0.25) is 0 Å². The van der Waals surface area contributed by atoms with Crippen LogP contribution in [0.1, 0.15) is 29.8 Å². The molecule has 0 amide bonds. The Morgan fingerprint density at radius 2 is 1.94 bits per heavy atom. The van der Waals surface area contributed by atoms with Gasteiger partial charge in [0.05, 0.1) is 0 Å². The smallest absolute Gasteiger partial charge is 0.303 e. The number of rotatable bonds is 6. The van der Waals surface area contributed by atoms with Gasteiger partial charge in [-0.2, -0.15) is 0 Å². The van der Waals surface area contributed by atoms with Crippen molar-refractivity contribution in [1.82, 2.24) is 9.97 Å². The van der Waals surface area contributed by atoms with Crippen molar-refractivity contribution in [2.75, 3.05) is 0 Å². The number of H-pyrrole nitrogens is 1. The van der Waals surface area contributed by atoms with Crippen molar-refractivity contribution in [3.63, 3.8) is 0 Å². The van der Waals surface area contributed by atoms with Crippen LogP contribution in [0.3, 0.4) is 0 Å². The molecule has 1 aromatic carbocycles. The topological polar surface area (TPSA) is 66.0 Å². The van der Waals surface area contributed by atoms with E-state index in [0.29, 0.717) is 6.42 Å². The SMILES string of the molecule is O=C(O)CCCc1ccc(Cc2ncc[nH]2)cc1. The molecule has 4 heteroatoms. The lowest BCUT2D eigenvalue weighted by atomic mass is 10.0. The van der Waals surface area contributed by atoms with Crippen molar-refractivity contribution >= 4 is 5.97 Å². The van der Waals surface area contributed by atoms with Gasteiger partial charge in [-0.3, -0.25) is 4.79 Å². The molecule has 0 aliphatic heterocycles. The standard InChI is InChI=1S/C14H16N2O2/c17-14(18)3-1-2-11-4-6-12(7-5-11)10-13-15-8-9-16-13/h4-9H,1-3,10H2,(H,15,16)(H,17,18). The van der Waals surface area contributed by atoms with E-state index < -0.39 is 5.97 Å². The van der Waals surface area contributed by atoms with Gasteiger partial charge in [-0.25, -0.2) is 4.98 Å². The minimum Gasteiger partial charge on any atom is -0.481 e. The maximum Gasteiger partial charge on any atom is 0.303 e. The summed E-state index contributed by atoms with van der Waals surface area (Å²) in [6, 6.07) is 8.25. The van der Waals surface area contributed by atoms with Gasteiger partial charge in [0, 0.05) is 25.2 Å². The lowest BCUT2D eigenvalue weighted by Gasteiger charge is -2.02. The summed E-state index contributed by atoms with van der Waals surface area (Å²) >= 11 is 0. The highest BCUT2D eigenvalue weighted by Crippen LogP contribution is 2.10. The highest BCUT2D eigenvalue weighted by molar-refractivity contribution is 5.66. The molecule has 2 aromatic rings. The summed E-state index contributed by atoms with van der Waals surface area (Å²) < 4.78 is 0. The molecule has 0 unspecified atom stereocenters. The summed E-state index contributed by atoms with van der Waals surface area (Å²) in [4.78, 5) is 17.7. The second-order valence-corrected chi connectivity index (χ2v) is 4.28. The molecule has 1 aromatic heterocycles. The van der Waals surface area contributed by atoms with Crippen molar-refractivity contribution in [3.8, 4) is 0 Å². The Morgan fingerprint density at radius 1 is 1.22 bits per heavy atom. The normalized spacial score (nSPS) is 10.4. The first-order valence-electron chi connectivity index (χ1n) is 6.02. The average molecular weight is 244 g/mol. The van der Waals surface area contributed by atoms with Crippen molar-refractivity contribution in [2.24, 2.45) is 0 Å². The molecule has 1 heterocycles. The number of carbonyl (C=O) groups is 1. The van der Waals surface area contributed by atoms with Gasteiger partial charge >= 0.3 is 5.97 Å². The van der Waals surface area contributed by atoms with Crippen LogP contribution < -0.4 is 0 Å². The van der Waals surface area contributed by atoms with Crippen LogP contribution in [0.25, 0.3) is 0 Å². The van der Waals surface area contributed by atoms with Gasteiger partial charge in [0.1, 0.15) is 5.82 Å². The van der Waals surface area contributed by atoms with Crippen LogP contribution in [-0.4, -0.2) is 21.0 Å². The van der Waals surface area contributed by atoms with Gasteiger partial charge in [-0.05, 0) is 24.0 Å². The van der Waals surface area contributed by atoms with Crippen molar-refractivity contribution in [2.45, 2.75) is 25.7 Å². The number of carboxylic acid groups (broad SMARTS) is 1. The Hall–Kier alpha value is -2.10. The zero-order chi connectivity index (χ0) is 12.8. The third kappa shape index (κ3) is 3.73. The molecule has 18 heavy (non-hydrogen) atoms. The number of nitrogens with zero attached hydrogens (tertiary/aromatic N) is 1. The zero-order valence-electron chi connectivity index (χ0n) is 10.1. The first-order chi connectivity index (χ1) is 8.74. The number of hydrogen-bond acceptors (Lipinski definition) is 2. The van der Waals surface area contributed by atoms with Crippen LogP contribution in [0, 0.1) is 0 Å². The number of aliphatic carboxylic acids is 1. The predicted octanol–water partition coefficient (Wildman–Crippen LogP) is 2.41. The first-order valence-corrected chi connectivity index (χ1v) is 6.02. The highest BCUT2D eigenvalue weighted by Gasteiger charge is 2.00. The molecule has 2 N–H and O–H groups in total. The van der Waals surface area contributed by atoms with E-state index in [2.05, 4.69) is 34.2 Å². The molecule has 0 saturated carbocycles. The fourth-order valence-electron chi connectivity index (χ4n) is 1.86. The Bertz CT molecular complexity index is 489. The predicted molar refractivity (Wildman–Crippen MR) is 68.4 cm³/mol. The molecule has 0 atom stereocenters. The van der Waals surface area contributed by atoms with E-state index in [1.54, 1.807) is 6.20 Å². The Labute approximate surface area is 106 Å². The summed E-state index contributed by atoms with van der Waals surface area (Å²) in [6.07, 6.45) is 6.09. The number of aryl methyl sites for hydroxylation is 1. The van der Waals surface area contributed by atoms with E-state index in [4.69, 9.17) is 5.11 Å². The molecule has 0 bridgehead atoms. The fourth-order valence-corrected chi connectivity index (χ4v) is 1.86. The van der Waals surface area contributed by atoms with Gasteiger partial charge in [0.25, 0.3) is 0 Å². The van der Waals surface area contributed by atoms with E-state index in [1.165, 1.54) is 11.1 Å². The molecule has 0 aliphatic rings. The molecule has 94 valence electrons. The quantitative estimate of drug-likeness (QED) is 0.820. The number of imidazole rings is 1. The van der Waals surface area contributed by atoms with Gasteiger partial charge in [0.15, 0.2) is 0 Å². The van der Waals surface area contributed by atoms with Gasteiger partial charge in [-0.15, -0.1) is 0 Å². The third-order valence-corrected chi connectivity index (χ3v) is 2.81. The van der Waals surface area contributed by atoms with Crippen LogP contribution in [0.15, 0.2) is 36.7 Å². The number of benzene rings is 1. The van der Waals surface area contributed by atoms with Crippen LogP contribution in [-0.2, 0) is 17.6 Å². The maximum atomic E-state index is 10.4. The molecule has 0 fully saturated rings. The molecular formula is C14H16N2O2. The van der Waals surface area contributed by atoms with Crippen molar-refractivity contribution in [1.29, 1.82) is 0 Å². The summed E-state index contributed by atoms with van der Waals surface area (Å²) in [7, 11) is 0. The molecule has 0 spiro atoms. The summed E-state index contributed by atoms with van der Waals surface area (Å²) in [5, 5.41) is 8.57. The number of carboxylic acids is 1. The Morgan fingerprint density at radius 3 is 2.56 bits per heavy atom. The monoisotopic (exact) mass is 244 g/mol. The van der Waals surface area contributed by atoms with Crippen molar-refractivity contribution in [3.05, 3.63) is 53.6 Å².